The van der Waals surface area contributed by atoms with Crippen LogP contribution in [-0.4, -0.2) is 36.7 Å². The first-order valence-electron chi connectivity index (χ1n) is 5.97. The molecule has 0 heterocycles. The largest absolute Gasteiger partial charge is 0.345 e. The minimum atomic E-state index is -0.438. The highest BCUT2D eigenvalue weighted by Crippen LogP contribution is 2.25. The van der Waals surface area contributed by atoms with E-state index >= 15 is 0 Å². The minimum Gasteiger partial charge on any atom is -0.345 e. The second kappa shape index (κ2) is 7.22. The van der Waals surface area contributed by atoms with E-state index in [1.165, 1.54) is 6.20 Å². The summed E-state index contributed by atoms with van der Waals surface area (Å²) >= 11 is 0. The van der Waals surface area contributed by atoms with E-state index in [9.17, 15) is 4.79 Å². The smallest absolute Gasteiger partial charge is 0.239 e. The van der Waals surface area contributed by atoms with Gasteiger partial charge in [-0.3, -0.25) is 9.79 Å². The van der Waals surface area contributed by atoms with Crippen LogP contribution < -0.4 is 5.73 Å². The van der Waals surface area contributed by atoms with Crippen LogP contribution in [0.2, 0.25) is 0 Å². The van der Waals surface area contributed by atoms with E-state index in [0.29, 0.717) is 13.0 Å². The van der Waals surface area contributed by atoms with Crippen LogP contribution in [0.4, 0.5) is 0 Å². The van der Waals surface area contributed by atoms with Gasteiger partial charge in [-0.05, 0) is 25.2 Å². The summed E-state index contributed by atoms with van der Waals surface area (Å²) in [6, 6.07) is -0.438. The van der Waals surface area contributed by atoms with E-state index in [2.05, 4.69) is 25.4 Å². The van der Waals surface area contributed by atoms with E-state index in [-0.39, 0.29) is 11.3 Å². The summed E-state index contributed by atoms with van der Waals surface area (Å²) in [5.74, 6) is 0.00114. The van der Waals surface area contributed by atoms with Crippen LogP contribution in [0.1, 0.15) is 33.6 Å². The Morgan fingerprint density at radius 1 is 1.59 bits per heavy atom. The first-order chi connectivity index (χ1) is 7.84. The van der Waals surface area contributed by atoms with Crippen molar-refractivity contribution < 1.29 is 4.79 Å². The Morgan fingerprint density at radius 2 is 2.18 bits per heavy atom. The predicted octanol–water partition coefficient (Wildman–Crippen LogP) is 1.81. The summed E-state index contributed by atoms with van der Waals surface area (Å²) in [6.07, 6.45) is 4.76. The second-order valence-electron chi connectivity index (χ2n) is 5.05. The molecule has 4 nitrogen and oxygen atoms in total. The van der Waals surface area contributed by atoms with Crippen molar-refractivity contribution >= 4 is 12.1 Å². The van der Waals surface area contributed by atoms with Crippen LogP contribution in [0, 0.1) is 5.41 Å². The number of nitrogens with two attached hydrogens (primary N) is 1. The predicted molar refractivity (Wildman–Crippen MR) is 73.0 cm³/mol. The Balaban J connectivity index is 4.34. The number of carbonyl (C=O) groups excluding carboxylic acids is 1. The Hall–Kier alpha value is -1.16. The van der Waals surface area contributed by atoms with Crippen molar-refractivity contribution in [3.05, 3.63) is 12.8 Å². The molecule has 4 heteroatoms. The Labute approximate surface area is 105 Å². The normalized spacial score (nSPS) is 13.7. The van der Waals surface area contributed by atoms with E-state index in [4.69, 9.17) is 5.73 Å². The third kappa shape index (κ3) is 6.22. The molecule has 0 aromatic carbocycles. The molecule has 1 amide bonds. The van der Waals surface area contributed by atoms with E-state index < -0.39 is 6.04 Å². The van der Waals surface area contributed by atoms with E-state index in [0.717, 1.165) is 6.42 Å². The highest BCUT2D eigenvalue weighted by Gasteiger charge is 2.26. The summed E-state index contributed by atoms with van der Waals surface area (Å²) in [4.78, 5) is 17.4. The molecule has 0 aliphatic heterocycles. The zero-order chi connectivity index (χ0) is 13.5. The standard InChI is InChI=1S/C13H25N3O/c1-6-15-9-8-13(3,4)10-11(14)12(17)16(5)7-2/h6,9,11H,1,7-8,10,14H2,2-5H3/b15-9-. The van der Waals surface area contributed by atoms with E-state index in [1.54, 1.807) is 11.9 Å². The van der Waals surface area contributed by atoms with Crippen LogP contribution in [-0.2, 0) is 4.79 Å². The molecule has 0 saturated heterocycles. The van der Waals surface area contributed by atoms with Crippen molar-refractivity contribution in [3.63, 3.8) is 0 Å². The zero-order valence-electron chi connectivity index (χ0n) is 11.4. The number of hydrogen-bond donors (Lipinski definition) is 1. The number of carbonyl (C=O) groups is 1. The van der Waals surface area contributed by atoms with Crippen molar-refractivity contribution in [2.24, 2.45) is 16.1 Å². The fraction of sp³-hybridized carbons (Fsp3) is 0.692. The van der Waals surface area contributed by atoms with Crippen LogP contribution in [0.3, 0.4) is 0 Å². The van der Waals surface area contributed by atoms with Gasteiger partial charge in [-0.15, -0.1) is 0 Å². The van der Waals surface area contributed by atoms with Crippen LogP contribution in [0.25, 0.3) is 0 Å². The number of rotatable bonds is 7. The van der Waals surface area contributed by atoms with Gasteiger partial charge in [0.05, 0.1) is 6.04 Å². The molecule has 0 aromatic heterocycles. The van der Waals surface area contributed by atoms with Gasteiger partial charge in [0.15, 0.2) is 0 Å². The summed E-state index contributed by atoms with van der Waals surface area (Å²) in [6.45, 7) is 10.3. The molecule has 98 valence electrons. The Morgan fingerprint density at radius 3 is 2.65 bits per heavy atom. The number of nitrogens with zero attached hydrogens (tertiary/aromatic N) is 2. The second-order valence-corrected chi connectivity index (χ2v) is 5.05. The molecule has 0 aromatic rings. The minimum absolute atomic E-state index is 0.00114. The summed E-state index contributed by atoms with van der Waals surface area (Å²) in [5.41, 5.74) is 5.90. The lowest BCUT2D eigenvalue weighted by Crippen LogP contribution is -2.44. The molecular weight excluding hydrogens is 214 g/mol. The topological polar surface area (TPSA) is 58.7 Å². The average molecular weight is 239 g/mol. The lowest BCUT2D eigenvalue weighted by Gasteiger charge is -2.28. The lowest BCUT2D eigenvalue weighted by atomic mass is 9.83. The number of amides is 1. The zero-order valence-corrected chi connectivity index (χ0v) is 11.4. The molecule has 0 saturated carbocycles. The van der Waals surface area contributed by atoms with Gasteiger partial charge in [0.1, 0.15) is 0 Å². The maximum Gasteiger partial charge on any atom is 0.239 e. The molecule has 2 N–H and O–H groups in total. The molecular formula is C13H25N3O. The quantitative estimate of drug-likeness (QED) is 0.689. The van der Waals surface area contributed by atoms with Gasteiger partial charge in [-0.25, -0.2) is 0 Å². The third-order valence-electron chi connectivity index (χ3n) is 2.79. The fourth-order valence-electron chi connectivity index (χ4n) is 1.58. The molecule has 0 rings (SSSR count). The molecule has 0 spiro atoms. The number of likely N-dealkylation sites (N-methyl/N-ethyl adjacent to an activating group) is 1. The molecule has 1 unspecified atom stereocenters. The number of aliphatic imine (C=N–C) groups is 1. The van der Waals surface area contributed by atoms with Gasteiger partial charge < -0.3 is 10.6 Å². The van der Waals surface area contributed by atoms with Gasteiger partial charge >= 0.3 is 0 Å². The first-order valence-corrected chi connectivity index (χ1v) is 5.97. The van der Waals surface area contributed by atoms with Crippen LogP contribution >= 0.6 is 0 Å². The Kier molecular flexibility index (Phi) is 6.73. The molecule has 0 aliphatic carbocycles. The van der Waals surface area contributed by atoms with Crippen molar-refractivity contribution in [1.29, 1.82) is 0 Å². The number of hydrogen-bond acceptors (Lipinski definition) is 3. The molecule has 0 bridgehead atoms. The SMILES string of the molecule is C=C/N=C\CC(C)(C)CC(N)C(=O)N(C)CC. The monoisotopic (exact) mass is 239 g/mol. The first kappa shape index (κ1) is 15.8. The van der Waals surface area contributed by atoms with Gasteiger partial charge in [0.2, 0.25) is 5.91 Å². The lowest BCUT2D eigenvalue weighted by molar-refractivity contribution is -0.131. The van der Waals surface area contributed by atoms with Crippen molar-refractivity contribution in [3.8, 4) is 0 Å². The molecule has 0 radical (unpaired) electrons. The van der Waals surface area contributed by atoms with Gasteiger partial charge in [-0.2, -0.15) is 0 Å². The molecule has 1 atom stereocenters. The van der Waals surface area contributed by atoms with Crippen molar-refractivity contribution in [2.75, 3.05) is 13.6 Å². The highest BCUT2D eigenvalue weighted by molar-refractivity contribution is 5.81. The summed E-state index contributed by atoms with van der Waals surface area (Å²) in [7, 11) is 1.77. The molecule has 0 aliphatic rings. The highest BCUT2D eigenvalue weighted by atomic mass is 16.2. The van der Waals surface area contributed by atoms with Crippen LogP contribution in [0.15, 0.2) is 17.8 Å². The van der Waals surface area contributed by atoms with Crippen molar-refractivity contribution in [2.45, 2.75) is 39.7 Å². The van der Waals surface area contributed by atoms with Gasteiger partial charge in [-0.1, -0.05) is 20.4 Å². The third-order valence-corrected chi connectivity index (χ3v) is 2.79. The average Bonchev–Trinajstić information content (AvgIpc) is 2.26. The summed E-state index contributed by atoms with van der Waals surface area (Å²) in [5, 5.41) is 0. The van der Waals surface area contributed by atoms with Gasteiger partial charge in [0, 0.05) is 26.0 Å². The molecule has 17 heavy (non-hydrogen) atoms. The fourth-order valence-corrected chi connectivity index (χ4v) is 1.58. The maximum absolute atomic E-state index is 11.8. The maximum atomic E-state index is 11.8. The van der Waals surface area contributed by atoms with Crippen molar-refractivity contribution in [1.82, 2.24) is 4.90 Å². The van der Waals surface area contributed by atoms with Gasteiger partial charge in [0.25, 0.3) is 0 Å². The Bertz CT molecular complexity index is 284. The van der Waals surface area contributed by atoms with Crippen LogP contribution in [0.5, 0.6) is 0 Å². The van der Waals surface area contributed by atoms with E-state index in [1.807, 2.05) is 13.1 Å². The summed E-state index contributed by atoms with van der Waals surface area (Å²) < 4.78 is 0. The molecule has 0 fully saturated rings.